The van der Waals surface area contributed by atoms with Gasteiger partial charge in [-0.3, -0.25) is 4.79 Å². The molecule has 0 saturated heterocycles. The minimum absolute atomic E-state index is 0.0544. The van der Waals surface area contributed by atoms with E-state index in [1.165, 1.54) is 0 Å². The molecular weight excluding hydrogens is 184 g/mol. The van der Waals surface area contributed by atoms with Gasteiger partial charge in [0.15, 0.2) is 5.78 Å². The fraction of sp³-hybridized carbons (Fsp3) is 0.786. The Bertz CT molecular complexity index is 241. The number of carbonyl (C=O) groups excluding carboxylic acids is 1. The fourth-order valence-electron chi connectivity index (χ4n) is 1.48. The van der Waals surface area contributed by atoms with Gasteiger partial charge in [0.05, 0.1) is 0 Å². The lowest BCUT2D eigenvalue weighted by Crippen LogP contribution is -2.28. The van der Waals surface area contributed by atoms with Crippen molar-refractivity contribution in [1.82, 2.24) is 0 Å². The normalized spacial score (nSPS) is 15.6. The van der Waals surface area contributed by atoms with Crippen molar-refractivity contribution in [2.24, 2.45) is 17.3 Å². The molecule has 0 rings (SSSR count). The quantitative estimate of drug-likeness (QED) is 0.635. The highest BCUT2D eigenvalue weighted by molar-refractivity contribution is 5.97. The van der Waals surface area contributed by atoms with Gasteiger partial charge in [0, 0.05) is 5.92 Å². The molecule has 0 fully saturated rings. The van der Waals surface area contributed by atoms with Crippen LogP contribution in [0.25, 0.3) is 0 Å². The van der Waals surface area contributed by atoms with Crippen molar-refractivity contribution in [3.8, 4) is 0 Å². The van der Waals surface area contributed by atoms with Gasteiger partial charge in [0.1, 0.15) is 0 Å². The van der Waals surface area contributed by atoms with Crippen molar-refractivity contribution in [3.05, 3.63) is 11.6 Å². The predicted molar refractivity (Wildman–Crippen MR) is 66.8 cm³/mol. The highest BCUT2D eigenvalue weighted by atomic mass is 16.1. The summed E-state index contributed by atoms with van der Waals surface area (Å²) in [4.78, 5) is 12.3. The van der Waals surface area contributed by atoms with E-state index in [9.17, 15) is 4.79 Å². The Morgan fingerprint density at radius 2 is 1.67 bits per heavy atom. The number of hydrogen-bond donors (Lipinski definition) is 0. The number of ketones is 1. The lowest BCUT2D eigenvalue weighted by molar-refractivity contribution is -0.122. The summed E-state index contributed by atoms with van der Waals surface area (Å²) in [6.45, 7) is 14.7. The van der Waals surface area contributed by atoms with Crippen molar-refractivity contribution in [2.75, 3.05) is 0 Å². The largest absolute Gasteiger partial charge is 0.294 e. The Kier molecular flexibility index (Phi) is 5.27. The first-order chi connectivity index (χ1) is 6.71. The highest BCUT2D eigenvalue weighted by Crippen LogP contribution is 2.30. The summed E-state index contributed by atoms with van der Waals surface area (Å²) in [5.74, 6) is 0.749. The van der Waals surface area contributed by atoms with Gasteiger partial charge in [0.25, 0.3) is 0 Å². The van der Waals surface area contributed by atoms with Crippen LogP contribution in [-0.2, 0) is 4.79 Å². The van der Waals surface area contributed by atoms with Crippen molar-refractivity contribution in [3.63, 3.8) is 0 Å². The van der Waals surface area contributed by atoms with Crippen LogP contribution in [0.2, 0.25) is 0 Å². The SMILES string of the molecule is CC/C=C(\C(=O)C(C)C(C)(C)C)C(C)C. The van der Waals surface area contributed by atoms with E-state index in [0.717, 1.165) is 12.0 Å². The molecule has 1 atom stereocenters. The van der Waals surface area contributed by atoms with Gasteiger partial charge in [-0.15, -0.1) is 0 Å². The number of Topliss-reactive ketones (excluding diaryl/α,β-unsaturated/α-hetero) is 1. The summed E-state index contributed by atoms with van der Waals surface area (Å²) in [5, 5.41) is 0. The van der Waals surface area contributed by atoms with E-state index in [2.05, 4.69) is 47.6 Å². The molecule has 0 aromatic heterocycles. The van der Waals surface area contributed by atoms with E-state index in [-0.39, 0.29) is 11.3 Å². The van der Waals surface area contributed by atoms with Crippen molar-refractivity contribution in [1.29, 1.82) is 0 Å². The zero-order valence-electron chi connectivity index (χ0n) is 11.3. The zero-order valence-corrected chi connectivity index (χ0v) is 11.3. The first kappa shape index (κ1) is 14.4. The van der Waals surface area contributed by atoms with Gasteiger partial charge >= 0.3 is 0 Å². The summed E-state index contributed by atoms with van der Waals surface area (Å²) in [6, 6.07) is 0. The molecule has 0 N–H and O–H groups in total. The molecule has 0 aromatic rings. The van der Waals surface area contributed by atoms with Crippen LogP contribution in [0.15, 0.2) is 11.6 Å². The zero-order chi connectivity index (χ0) is 12.2. The van der Waals surface area contributed by atoms with Gasteiger partial charge in [-0.2, -0.15) is 0 Å². The Balaban J connectivity index is 4.89. The lowest BCUT2D eigenvalue weighted by Gasteiger charge is -2.27. The Morgan fingerprint density at radius 3 is 1.93 bits per heavy atom. The standard InChI is InChI=1S/C14H26O/c1-8-9-12(10(2)3)13(15)11(4)14(5,6)7/h9-11H,8H2,1-7H3/b12-9-. The van der Waals surface area contributed by atoms with Gasteiger partial charge in [0.2, 0.25) is 0 Å². The molecule has 0 radical (unpaired) electrons. The van der Waals surface area contributed by atoms with Crippen LogP contribution in [0.4, 0.5) is 0 Å². The molecule has 0 aliphatic rings. The topological polar surface area (TPSA) is 17.1 Å². The maximum atomic E-state index is 12.3. The highest BCUT2D eigenvalue weighted by Gasteiger charge is 2.29. The molecule has 0 heterocycles. The molecule has 88 valence electrons. The molecule has 15 heavy (non-hydrogen) atoms. The summed E-state index contributed by atoms with van der Waals surface area (Å²) in [7, 11) is 0. The number of allylic oxidation sites excluding steroid dienone is 2. The van der Waals surface area contributed by atoms with E-state index in [4.69, 9.17) is 0 Å². The van der Waals surface area contributed by atoms with Gasteiger partial charge < -0.3 is 0 Å². The second kappa shape index (κ2) is 5.48. The summed E-state index contributed by atoms with van der Waals surface area (Å²) >= 11 is 0. The average molecular weight is 210 g/mol. The van der Waals surface area contributed by atoms with Crippen LogP contribution in [0.1, 0.15) is 54.9 Å². The summed E-state index contributed by atoms with van der Waals surface area (Å²) in [6.07, 6.45) is 3.02. The van der Waals surface area contributed by atoms with Crippen LogP contribution in [0.3, 0.4) is 0 Å². The fourth-order valence-corrected chi connectivity index (χ4v) is 1.48. The molecule has 0 amide bonds. The molecule has 1 nitrogen and oxygen atoms in total. The van der Waals surface area contributed by atoms with E-state index in [1.54, 1.807) is 0 Å². The first-order valence-corrected chi connectivity index (χ1v) is 5.96. The Labute approximate surface area is 95.0 Å². The van der Waals surface area contributed by atoms with E-state index in [0.29, 0.717) is 11.7 Å². The second-order valence-corrected chi connectivity index (χ2v) is 5.67. The molecule has 1 heteroatoms. The Hall–Kier alpha value is -0.590. The minimum Gasteiger partial charge on any atom is -0.294 e. The van der Waals surface area contributed by atoms with Crippen molar-refractivity contribution >= 4 is 5.78 Å². The maximum Gasteiger partial charge on any atom is 0.162 e. The number of hydrogen-bond acceptors (Lipinski definition) is 1. The Morgan fingerprint density at radius 1 is 1.20 bits per heavy atom. The van der Waals surface area contributed by atoms with Crippen LogP contribution >= 0.6 is 0 Å². The van der Waals surface area contributed by atoms with Crippen LogP contribution in [-0.4, -0.2) is 5.78 Å². The third kappa shape index (κ3) is 4.19. The van der Waals surface area contributed by atoms with Gasteiger partial charge in [-0.1, -0.05) is 54.5 Å². The molecule has 0 saturated carbocycles. The van der Waals surface area contributed by atoms with Gasteiger partial charge in [-0.05, 0) is 23.3 Å². The van der Waals surface area contributed by atoms with Crippen LogP contribution < -0.4 is 0 Å². The molecular formula is C14H26O. The van der Waals surface area contributed by atoms with Crippen LogP contribution in [0, 0.1) is 17.3 Å². The third-order valence-electron chi connectivity index (χ3n) is 3.02. The molecule has 0 spiro atoms. The van der Waals surface area contributed by atoms with Crippen molar-refractivity contribution < 1.29 is 4.79 Å². The second-order valence-electron chi connectivity index (χ2n) is 5.67. The van der Waals surface area contributed by atoms with Crippen molar-refractivity contribution in [2.45, 2.75) is 54.9 Å². The first-order valence-electron chi connectivity index (χ1n) is 5.96. The monoisotopic (exact) mass is 210 g/mol. The van der Waals surface area contributed by atoms with Crippen LogP contribution in [0.5, 0.6) is 0 Å². The summed E-state index contributed by atoms with van der Waals surface area (Å²) in [5.41, 5.74) is 1.05. The van der Waals surface area contributed by atoms with E-state index >= 15 is 0 Å². The maximum absolute atomic E-state index is 12.3. The average Bonchev–Trinajstić information content (AvgIpc) is 2.09. The minimum atomic E-state index is 0.0544. The van der Waals surface area contributed by atoms with E-state index < -0.39 is 0 Å². The lowest BCUT2D eigenvalue weighted by atomic mass is 9.76. The molecule has 1 unspecified atom stereocenters. The third-order valence-corrected chi connectivity index (χ3v) is 3.02. The molecule has 0 bridgehead atoms. The summed E-state index contributed by atoms with van der Waals surface area (Å²) < 4.78 is 0. The number of carbonyl (C=O) groups is 1. The molecule has 0 aliphatic heterocycles. The smallest absolute Gasteiger partial charge is 0.162 e. The molecule has 0 aliphatic carbocycles. The molecule has 0 aromatic carbocycles. The van der Waals surface area contributed by atoms with Gasteiger partial charge in [-0.25, -0.2) is 0 Å². The predicted octanol–water partition coefficient (Wildman–Crippen LogP) is 4.23. The number of rotatable bonds is 4. The van der Waals surface area contributed by atoms with E-state index in [1.807, 2.05) is 6.92 Å².